The summed E-state index contributed by atoms with van der Waals surface area (Å²) in [5.74, 6) is 3.54. The predicted octanol–water partition coefficient (Wildman–Crippen LogP) is 4.21. The van der Waals surface area contributed by atoms with E-state index in [4.69, 9.17) is 0 Å². The number of hydrogen-bond donors (Lipinski definition) is 1. The Kier molecular flexibility index (Phi) is 3.49. The van der Waals surface area contributed by atoms with Crippen LogP contribution in [0.15, 0.2) is 0 Å². The van der Waals surface area contributed by atoms with E-state index in [1.54, 1.807) is 0 Å². The topological polar surface area (TPSA) is 37.3 Å². The van der Waals surface area contributed by atoms with Crippen molar-refractivity contribution in [3.8, 4) is 0 Å². The summed E-state index contributed by atoms with van der Waals surface area (Å²) in [6.45, 7) is 4.95. The number of hydrogen-bond acceptors (Lipinski definition) is 2. The van der Waals surface area contributed by atoms with Crippen LogP contribution in [0.5, 0.6) is 0 Å². The Morgan fingerprint density at radius 3 is 2.41 bits per heavy atom. The van der Waals surface area contributed by atoms with E-state index in [0.29, 0.717) is 16.7 Å². The molecule has 4 aliphatic rings. The number of fused-ring (bicyclic) bond motifs is 5. The van der Waals surface area contributed by atoms with Gasteiger partial charge in [0.1, 0.15) is 6.29 Å². The van der Waals surface area contributed by atoms with Gasteiger partial charge in [0.2, 0.25) is 0 Å². The molecule has 124 valence electrons. The third-order valence-electron chi connectivity index (χ3n) is 8.88. The van der Waals surface area contributed by atoms with E-state index in [-0.39, 0.29) is 6.10 Å². The van der Waals surface area contributed by atoms with Crippen molar-refractivity contribution in [2.45, 2.75) is 77.7 Å². The Morgan fingerprint density at radius 1 is 0.909 bits per heavy atom. The first-order valence-corrected chi connectivity index (χ1v) is 9.62. The fraction of sp³-hybridized carbons (Fsp3) is 0.950. The Labute approximate surface area is 135 Å². The van der Waals surface area contributed by atoms with Gasteiger partial charge in [-0.25, -0.2) is 0 Å². The van der Waals surface area contributed by atoms with Gasteiger partial charge in [0.15, 0.2) is 0 Å². The summed E-state index contributed by atoms with van der Waals surface area (Å²) in [6, 6.07) is 0. The molecule has 4 aliphatic carbocycles. The summed E-state index contributed by atoms with van der Waals surface area (Å²) < 4.78 is 0. The summed E-state index contributed by atoms with van der Waals surface area (Å²) in [7, 11) is 0. The maximum atomic E-state index is 11.5. The van der Waals surface area contributed by atoms with Gasteiger partial charge in [-0.1, -0.05) is 13.8 Å². The zero-order valence-corrected chi connectivity index (χ0v) is 14.3. The second kappa shape index (κ2) is 5.06. The molecule has 0 aliphatic heterocycles. The number of aliphatic hydroxyl groups is 1. The second-order valence-corrected chi connectivity index (χ2v) is 9.45. The molecule has 0 aromatic heterocycles. The highest BCUT2D eigenvalue weighted by Crippen LogP contribution is 2.67. The van der Waals surface area contributed by atoms with Crippen LogP contribution in [-0.4, -0.2) is 17.5 Å². The van der Waals surface area contributed by atoms with Crippen LogP contribution in [0.4, 0.5) is 0 Å². The molecular weight excluding hydrogens is 272 g/mol. The highest BCUT2D eigenvalue weighted by molar-refractivity contribution is 5.56. The average molecular weight is 304 g/mol. The third-order valence-corrected chi connectivity index (χ3v) is 8.88. The quantitative estimate of drug-likeness (QED) is 0.737. The first-order valence-electron chi connectivity index (χ1n) is 9.62. The normalized spacial score (nSPS) is 57.6. The van der Waals surface area contributed by atoms with Crippen molar-refractivity contribution >= 4 is 6.29 Å². The van der Waals surface area contributed by atoms with E-state index in [9.17, 15) is 9.90 Å². The Morgan fingerprint density at radius 2 is 1.64 bits per heavy atom. The number of carbonyl (C=O) groups excluding carboxylic acids is 1. The SMILES string of the molecule is CC12CCC3C(CCC4CC(O)CCC43C)C1CCC2C=O. The van der Waals surface area contributed by atoms with E-state index < -0.39 is 0 Å². The van der Waals surface area contributed by atoms with Gasteiger partial charge in [0, 0.05) is 5.92 Å². The maximum absolute atomic E-state index is 11.5. The van der Waals surface area contributed by atoms with Crippen molar-refractivity contribution in [3.63, 3.8) is 0 Å². The van der Waals surface area contributed by atoms with Gasteiger partial charge in [-0.3, -0.25) is 0 Å². The first-order chi connectivity index (χ1) is 10.5. The summed E-state index contributed by atoms with van der Waals surface area (Å²) in [4.78, 5) is 11.5. The molecule has 0 aromatic carbocycles. The van der Waals surface area contributed by atoms with Gasteiger partial charge >= 0.3 is 0 Å². The number of aldehydes is 1. The Hall–Kier alpha value is -0.370. The van der Waals surface area contributed by atoms with Crippen molar-refractivity contribution < 1.29 is 9.90 Å². The van der Waals surface area contributed by atoms with Crippen molar-refractivity contribution in [1.29, 1.82) is 0 Å². The Balaban J connectivity index is 1.62. The fourth-order valence-electron chi connectivity index (χ4n) is 7.50. The van der Waals surface area contributed by atoms with E-state index in [0.717, 1.165) is 42.9 Å². The van der Waals surface area contributed by atoms with Crippen LogP contribution < -0.4 is 0 Å². The first kappa shape index (κ1) is 15.2. The molecule has 4 saturated carbocycles. The molecule has 4 fully saturated rings. The molecule has 1 N–H and O–H groups in total. The van der Waals surface area contributed by atoms with Crippen molar-refractivity contribution in [2.24, 2.45) is 40.4 Å². The molecule has 0 heterocycles. The molecule has 8 unspecified atom stereocenters. The van der Waals surface area contributed by atoms with Gasteiger partial charge in [0.25, 0.3) is 0 Å². The largest absolute Gasteiger partial charge is 0.393 e. The minimum atomic E-state index is -0.0468. The monoisotopic (exact) mass is 304 g/mol. The molecule has 2 nitrogen and oxygen atoms in total. The van der Waals surface area contributed by atoms with E-state index >= 15 is 0 Å². The van der Waals surface area contributed by atoms with Crippen molar-refractivity contribution in [2.75, 3.05) is 0 Å². The smallest absolute Gasteiger partial charge is 0.123 e. The molecule has 0 spiro atoms. The minimum absolute atomic E-state index is 0.0468. The molecule has 4 rings (SSSR count). The molecule has 0 amide bonds. The molecular formula is C20H32O2. The van der Waals surface area contributed by atoms with Gasteiger partial charge in [0.05, 0.1) is 6.10 Å². The molecule has 0 bridgehead atoms. The number of carbonyl (C=O) groups is 1. The second-order valence-electron chi connectivity index (χ2n) is 9.45. The lowest BCUT2D eigenvalue weighted by atomic mass is 9.45. The minimum Gasteiger partial charge on any atom is -0.393 e. The van der Waals surface area contributed by atoms with Crippen molar-refractivity contribution in [1.82, 2.24) is 0 Å². The van der Waals surface area contributed by atoms with Gasteiger partial charge in [-0.15, -0.1) is 0 Å². The number of aliphatic hydroxyl groups excluding tert-OH is 1. The molecule has 8 atom stereocenters. The standard InChI is InChI=1S/C20H32O2/c1-19-9-7-15(22)11-13(19)3-5-16-17-6-4-14(12-21)20(17,2)10-8-18(16)19/h12-18,22H,3-11H2,1-2H3. The molecule has 0 aromatic rings. The van der Waals surface area contributed by atoms with E-state index in [1.807, 2.05) is 0 Å². The van der Waals surface area contributed by atoms with Gasteiger partial charge < -0.3 is 9.90 Å². The zero-order valence-electron chi connectivity index (χ0n) is 14.3. The van der Waals surface area contributed by atoms with Crippen molar-refractivity contribution in [3.05, 3.63) is 0 Å². The molecule has 2 heteroatoms. The lowest BCUT2D eigenvalue weighted by molar-refractivity contribution is -0.133. The lowest BCUT2D eigenvalue weighted by Crippen LogP contribution is -2.54. The van der Waals surface area contributed by atoms with Gasteiger partial charge in [-0.05, 0) is 92.3 Å². The summed E-state index contributed by atoms with van der Waals surface area (Å²) in [5, 5.41) is 10.1. The number of rotatable bonds is 1. The van der Waals surface area contributed by atoms with E-state index in [2.05, 4.69) is 13.8 Å². The third kappa shape index (κ3) is 1.92. The predicted molar refractivity (Wildman–Crippen MR) is 87.3 cm³/mol. The van der Waals surface area contributed by atoms with E-state index in [1.165, 1.54) is 44.8 Å². The summed E-state index contributed by atoms with van der Waals surface area (Å²) in [5.41, 5.74) is 0.753. The zero-order chi connectivity index (χ0) is 15.5. The van der Waals surface area contributed by atoms with Crippen LogP contribution in [0.3, 0.4) is 0 Å². The maximum Gasteiger partial charge on any atom is 0.123 e. The van der Waals surface area contributed by atoms with Crippen LogP contribution in [0.25, 0.3) is 0 Å². The van der Waals surface area contributed by atoms with Gasteiger partial charge in [-0.2, -0.15) is 0 Å². The van der Waals surface area contributed by atoms with Crippen LogP contribution in [0, 0.1) is 40.4 Å². The highest BCUT2D eigenvalue weighted by atomic mass is 16.3. The molecule has 22 heavy (non-hydrogen) atoms. The summed E-state index contributed by atoms with van der Waals surface area (Å²) >= 11 is 0. The lowest BCUT2D eigenvalue weighted by Gasteiger charge is -2.60. The van der Waals surface area contributed by atoms with Crippen LogP contribution >= 0.6 is 0 Å². The van der Waals surface area contributed by atoms with Crippen LogP contribution in [0.1, 0.15) is 71.6 Å². The molecule has 0 radical (unpaired) electrons. The average Bonchev–Trinajstić information content (AvgIpc) is 2.84. The fourth-order valence-corrected chi connectivity index (χ4v) is 7.50. The molecule has 0 saturated heterocycles. The highest BCUT2D eigenvalue weighted by Gasteiger charge is 2.59. The van der Waals surface area contributed by atoms with Crippen LogP contribution in [0.2, 0.25) is 0 Å². The van der Waals surface area contributed by atoms with Crippen LogP contribution in [-0.2, 0) is 4.79 Å². The summed E-state index contributed by atoms with van der Waals surface area (Å²) in [6.07, 6.45) is 12.2. The Bertz CT molecular complexity index is 461.